The highest BCUT2D eigenvalue weighted by atomic mass is 32.2. The zero-order chi connectivity index (χ0) is 11.0. The van der Waals surface area contributed by atoms with Crippen molar-refractivity contribution in [3.8, 4) is 0 Å². The van der Waals surface area contributed by atoms with Crippen molar-refractivity contribution in [2.45, 2.75) is 45.8 Å². The lowest BCUT2D eigenvalue weighted by molar-refractivity contribution is 0.186. The second kappa shape index (κ2) is 3.81. The molecule has 14 heavy (non-hydrogen) atoms. The van der Waals surface area contributed by atoms with Gasteiger partial charge in [-0.2, -0.15) is 0 Å². The smallest absolute Gasteiger partial charge is 0.212 e. The maximum Gasteiger partial charge on any atom is 0.216 e. The predicted molar refractivity (Wildman–Crippen MR) is 58.6 cm³/mol. The van der Waals surface area contributed by atoms with Gasteiger partial charge in [0, 0.05) is 13.1 Å². The van der Waals surface area contributed by atoms with Crippen molar-refractivity contribution in [3.05, 3.63) is 0 Å². The van der Waals surface area contributed by atoms with Crippen LogP contribution in [0.4, 0.5) is 0 Å². The fourth-order valence-corrected chi connectivity index (χ4v) is 3.39. The Hall–Kier alpha value is -0.0900. The van der Waals surface area contributed by atoms with Crippen LogP contribution in [0.2, 0.25) is 0 Å². The first kappa shape index (κ1) is 12.0. The summed E-state index contributed by atoms with van der Waals surface area (Å²) in [5.41, 5.74) is 0.139. The van der Waals surface area contributed by atoms with E-state index in [1.807, 2.05) is 0 Å². The van der Waals surface area contributed by atoms with E-state index in [0.29, 0.717) is 13.1 Å². The zero-order valence-electron chi connectivity index (χ0n) is 9.58. The number of piperidine rings is 1. The molecule has 1 rings (SSSR count). The molecule has 0 aromatic heterocycles. The summed E-state index contributed by atoms with van der Waals surface area (Å²) in [6.45, 7) is 9.13. The van der Waals surface area contributed by atoms with Crippen LogP contribution in [0.15, 0.2) is 0 Å². The van der Waals surface area contributed by atoms with E-state index < -0.39 is 10.0 Å². The third kappa shape index (κ3) is 2.48. The molecule has 0 aromatic rings. The summed E-state index contributed by atoms with van der Waals surface area (Å²) >= 11 is 0. The van der Waals surface area contributed by atoms with Crippen molar-refractivity contribution >= 4 is 10.0 Å². The third-order valence-corrected chi connectivity index (χ3v) is 5.04. The minimum absolute atomic E-state index is 0.139. The largest absolute Gasteiger partial charge is 0.216 e. The molecule has 1 saturated heterocycles. The molecule has 0 aliphatic carbocycles. The lowest BCUT2D eigenvalue weighted by atomic mass is 9.85. The van der Waals surface area contributed by atoms with E-state index in [4.69, 9.17) is 0 Å². The monoisotopic (exact) mass is 219 g/mol. The van der Waals surface area contributed by atoms with E-state index in [-0.39, 0.29) is 10.7 Å². The molecular weight excluding hydrogens is 198 g/mol. The molecule has 1 heterocycles. The van der Waals surface area contributed by atoms with E-state index in [2.05, 4.69) is 13.8 Å². The van der Waals surface area contributed by atoms with Crippen LogP contribution in [0.5, 0.6) is 0 Å². The minimum Gasteiger partial charge on any atom is -0.212 e. The molecule has 4 heteroatoms. The van der Waals surface area contributed by atoms with Gasteiger partial charge in [-0.05, 0) is 32.1 Å². The molecule has 1 aliphatic heterocycles. The van der Waals surface area contributed by atoms with Crippen LogP contribution in [0.25, 0.3) is 0 Å². The van der Waals surface area contributed by atoms with Crippen LogP contribution < -0.4 is 0 Å². The number of hydrogen-bond acceptors (Lipinski definition) is 2. The Labute approximate surface area is 87.5 Å². The van der Waals surface area contributed by atoms with E-state index in [1.54, 1.807) is 18.2 Å². The summed E-state index contributed by atoms with van der Waals surface area (Å²) < 4.78 is 25.5. The normalized spacial score (nSPS) is 24.1. The average Bonchev–Trinajstić information content (AvgIpc) is 2.02. The quantitative estimate of drug-likeness (QED) is 0.710. The van der Waals surface area contributed by atoms with Crippen molar-refractivity contribution < 1.29 is 8.42 Å². The molecule has 1 fully saturated rings. The fourth-order valence-electron chi connectivity index (χ4n) is 1.88. The Morgan fingerprint density at radius 3 is 2.29 bits per heavy atom. The third-order valence-electron chi connectivity index (χ3n) is 2.82. The molecule has 3 nitrogen and oxygen atoms in total. The highest BCUT2D eigenvalue weighted by Gasteiger charge is 2.34. The summed E-state index contributed by atoms with van der Waals surface area (Å²) in [5.74, 6) is 0. The van der Waals surface area contributed by atoms with Crippen molar-refractivity contribution in [3.63, 3.8) is 0 Å². The van der Waals surface area contributed by atoms with Crippen molar-refractivity contribution in [1.29, 1.82) is 0 Å². The fraction of sp³-hybridized carbons (Fsp3) is 1.00. The summed E-state index contributed by atoms with van der Waals surface area (Å²) in [4.78, 5) is 0. The van der Waals surface area contributed by atoms with Crippen LogP contribution in [-0.2, 0) is 10.0 Å². The molecule has 0 spiro atoms. The van der Waals surface area contributed by atoms with Gasteiger partial charge in [0.05, 0.1) is 5.25 Å². The standard InChI is InChI=1S/C10H21NO2S/c1-9(2)14(12,13)11-7-5-6-10(3,4)8-11/h9H,5-8H2,1-4H3. The van der Waals surface area contributed by atoms with Crippen LogP contribution in [-0.4, -0.2) is 31.1 Å². The van der Waals surface area contributed by atoms with Gasteiger partial charge < -0.3 is 0 Å². The first-order valence-electron chi connectivity index (χ1n) is 5.25. The number of hydrogen-bond donors (Lipinski definition) is 0. The molecule has 0 bridgehead atoms. The maximum atomic E-state index is 11.9. The van der Waals surface area contributed by atoms with Gasteiger partial charge in [0.25, 0.3) is 0 Å². The molecule has 0 amide bonds. The molecule has 0 radical (unpaired) electrons. The van der Waals surface area contributed by atoms with Crippen molar-refractivity contribution in [1.82, 2.24) is 4.31 Å². The molecule has 0 aromatic carbocycles. The topological polar surface area (TPSA) is 37.4 Å². The van der Waals surface area contributed by atoms with E-state index in [9.17, 15) is 8.42 Å². The van der Waals surface area contributed by atoms with Gasteiger partial charge in [-0.1, -0.05) is 13.8 Å². The Balaban J connectivity index is 2.80. The zero-order valence-corrected chi connectivity index (χ0v) is 10.4. The summed E-state index contributed by atoms with van der Waals surface area (Å²) in [6.07, 6.45) is 2.11. The van der Waals surface area contributed by atoms with E-state index in [1.165, 1.54) is 0 Å². The Bertz CT molecular complexity index is 293. The molecule has 0 saturated carbocycles. The summed E-state index contributed by atoms with van der Waals surface area (Å²) in [6, 6.07) is 0. The van der Waals surface area contributed by atoms with Gasteiger partial charge >= 0.3 is 0 Å². The summed E-state index contributed by atoms with van der Waals surface area (Å²) in [7, 11) is -3.04. The van der Waals surface area contributed by atoms with Gasteiger partial charge in [-0.3, -0.25) is 0 Å². The first-order chi connectivity index (χ1) is 6.26. The lowest BCUT2D eigenvalue weighted by Gasteiger charge is -2.37. The van der Waals surface area contributed by atoms with Crippen molar-refractivity contribution in [2.24, 2.45) is 5.41 Å². The molecule has 0 atom stereocenters. The molecule has 84 valence electrons. The van der Waals surface area contributed by atoms with Gasteiger partial charge in [-0.15, -0.1) is 0 Å². The maximum absolute atomic E-state index is 11.9. The predicted octanol–water partition coefficient (Wildman–Crippen LogP) is 1.85. The van der Waals surface area contributed by atoms with Crippen LogP contribution in [0.3, 0.4) is 0 Å². The first-order valence-corrected chi connectivity index (χ1v) is 6.75. The van der Waals surface area contributed by atoms with E-state index in [0.717, 1.165) is 12.8 Å². The SMILES string of the molecule is CC(C)S(=O)(=O)N1CCCC(C)(C)C1. The molecule has 1 aliphatic rings. The average molecular weight is 219 g/mol. The second-order valence-corrected chi connectivity index (χ2v) is 7.68. The van der Waals surface area contributed by atoms with Crippen LogP contribution in [0, 0.1) is 5.41 Å². The number of nitrogens with zero attached hydrogens (tertiary/aromatic N) is 1. The highest BCUT2D eigenvalue weighted by Crippen LogP contribution is 2.30. The van der Waals surface area contributed by atoms with Crippen molar-refractivity contribution in [2.75, 3.05) is 13.1 Å². The van der Waals surface area contributed by atoms with Crippen LogP contribution in [0.1, 0.15) is 40.5 Å². The number of rotatable bonds is 2. The Kier molecular flexibility index (Phi) is 3.26. The lowest BCUT2D eigenvalue weighted by Crippen LogP contribution is -2.46. The highest BCUT2D eigenvalue weighted by molar-refractivity contribution is 7.89. The van der Waals surface area contributed by atoms with Gasteiger partial charge in [0.2, 0.25) is 10.0 Å². The van der Waals surface area contributed by atoms with Gasteiger partial charge in [0.15, 0.2) is 0 Å². The van der Waals surface area contributed by atoms with E-state index >= 15 is 0 Å². The van der Waals surface area contributed by atoms with Gasteiger partial charge in [0.1, 0.15) is 0 Å². The molecule has 0 unspecified atom stereocenters. The van der Waals surface area contributed by atoms with Gasteiger partial charge in [-0.25, -0.2) is 12.7 Å². The number of sulfonamides is 1. The Morgan fingerprint density at radius 1 is 1.29 bits per heavy atom. The molecule has 0 N–H and O–H groups in total. The second-order valence-electron chi connectivity index (χ2n) is 5.20. The minimum atomic E-state index is -3.04. The summed E-state index contributed by atoms with van der Waals surface area (Å²) in [5, 5.41) is -0.295. The molecular formula is C10H21NO2S. The van der Waals surface area contributed by atoms with Crippen LogP contribution >= 0.6 is 0 Å². The Morgan fingerprint density at radius 2 is 1.86 bits per heavy atom.